The highest BCUT2D eigenvalue weighted by molar-refractivity contribution is 7.89. The molecule has 23 heavy (non-hydrogen) atoms. The van der Waals surface area contributed by atoms with Crippen molar-refractivity contribution in [1.82, 2.24) is 19.3 Å². The molecule has 1 aliphatic rings. The van der Waals surface area contributed by atoms with E-state index in [0.29, 0.717) is 5.82 Å². The van der Waals surface area contributed by atoms with Crippen LogP contribution in [0.3, 0.4) is 0 Å². The fourth-order valence-electron chi connectivity index (χ4n) is 2.93. The van der Waals surface area contributed by atoms with Gasteiger partial charge in [0, 0.05) is 17.8 Å². The molecule has 2 aromatic rings. The second kappa shape index (κ2) is 5.99. The third-order valence-electron chi connectivity index (χ3n) is 4.24. The number of thiazole rings is 1. The monoisotopic (exact) mass is 354 g/mol. The number of nitrogens with zero attached hydrogens (tertiary/aromatic N) is 3. The van der Waals surface area contributed by atoms with Crippen molar-refractivity contribution in [2.24, 2.45) is 0 Å². The van der Waals surface area contributed by atoms with Crippen LogP contribution in [0.5, 0.6) is 0 Å². The molecule has 0 saturated heterocycles. The van der Waals surface area contributed by atoms with E-state index in [9.17, 15) is 8.42 Å². The van der Waals surface area contributed by atoms with Gasteiger partial charge in [-0.15, -0.1) is 11.3 Å². The van der Waals surface area contributed by atoms with Crippen LogP contribution in [0.1, 0.15) is 60.1 Å². The Hall–Kier alpha value is -1.25. The summed E-state index contributed by atoms with van der Waals surface area (Å²) in [6, 6.07) is -0.138. The second-order valence-electron chi connectivity index (χ2n) is 6.26. The molecule has 0 aromatic carbocycles. The molecule has 0 aliphatic heterocycles. The fraction of sp³-hybridized carbons (Fsp3) is 0.600. The van der Waals surface area contributed by atoms with Gasteiger partial charge in [0.25, 0.3) is 10.0 Å². The van der Waals surface area contributed by atoms with E-state index in [1.165, 1.54) is 10.5 Å². The largest absolute Gasteiger partial charge is 0.332 e. The lowest BCUT2D eigenvalue weighted by Crippen LogP contribution is -2.33. The van der Waals surface area contributed by atoms with Crippen LogP contribution in [0, 0.1) is 6.92 Å². The predicted molar refractivity (Wildman–Crippen MR) is 90.2 cm³/mol. The van der Waals surface area contributed by atoms with Gasteiger partial charge in [0.2, 0.25) is 0 Å². The molecule has 126 valence electrons. The summed E-state index contributed by atoms with van der Waals surface area (Å²) in [5.74, 6) is 0.852. The molecule has 1 unspecified atom stereocenters. The van der Waals surface area contributed by atoms with Crippen molar-refractivity contribution in [3.05, 3.63) is 27.6 Å². The van der Waals surface area contributed by atoms with Crippen molar-refractivity contribution >= 4 is 21.4 Å². The minimum atomic E-state index is -3.59. The second-order valence-corrected chi connectivity index (χ2v) is 9.46. The molecule has 1 atom stereocenters. The molecule has 0 bridgehead atoms. The van der Waals surface area contributed by atoms with Crippen molar-refractivity contribution in [3.8, 4) is 0 Å². The zero-order chi connectivity index (χ0) is 16.8. The Kier molecular flexibility index (Phi) is 4.33. The number of nitrogens with one attached hydrogen (secondary N) is 1. The number of imidazole rings is 1. The van der Waals surface area contributed by atoms with Crippen molar-refractivity contribution in [2.45, 2.75) is 57.0 Å². The van der Waals surface area contributed by atoms with Crippen LogP contribution in [0.2, 0.25) is 0 Å². The van der Waals surface area contributed by atoms with Gasteiger partial charge in [0.15, 0.2) is 5.03 Å². The normalized spacial score (nSPS) is 18.6. The van der Waals surface area contributed by atoms with Crippen LogP contribution in [0.25, 0.3) is 0 Å². The van der Waals surface area contributed by atoms with Crippen LogP contribution >= 0.6 is 11.3 Å². The smallest absolute Gasteiger partial charge is 0.260 e. The number of fused-ring (bicyclic) bond motifs is 1. The number of hydrogen-bond donors (Lipinski definition) is 1. The van der Waals surface area contributed by atoms with E-state index in [4.69, 9.17) is 0 Å². The molecular weight excluding hydrogens is 332 g/mol. The van der Waals surface area contributed by atoms with E-state index < -0.39 is 10.0 Å². The van der Waals surface area contributed by atoms with Crippen molar-refractivity contribution in [1.29, 1.82) is 0 Å². The van der Waals surface area contributed by atoms with Crippen LogP contribution in [0.4, 0.5) is 0 Å². The average molecular weight is 355 g/mol. The minimum absolute atomic E-state index is 0.138. The molecule has 2 aromatic heterocycles. The Bertz CT molecular complexity index is 807. The number of sulfonamides is 1. The van der Waals surface area contributed by atoms with E-state index >= 15 is 0 Å². The lowest BCUT2D eigenvalue weighted by Gasteiger charge is -2.29. The van der Waals surface area contributed by atoms with Crippen molar-refractivity contribution < 1.29 is 8.42 Å². The third-order valence-corrected chi connectivity index (χ3v) is 7.13. The number of hydrogen-bond acceptors (Lipinski definition) is 5. The first kappa shape index (κ1) is 16.6. The number of aromatic nitrogens is 3. The molecule has 1 N–H and O–H groups in total. The van der Waals surface area contributed by atoms with Gasteiger partial charge in [-0.2, -0.15) is 4.31 Å². The Balaban J connectivity index is 1.94. The molecule has 0 amide bonds. The highest BCUT2D eigenvalue weighted by Crippen LogP contribution is 2.39. The summed E-state index contributed by atoms with van der Waals surface area (Å²) in [5, 5.41) is 1.16. The first-order chi connectivity index (χ1) is 10.8. The van der Waals surface area contributed by atoms with Crippen LogP contribution in [-0.2, 0) is 16.4 Å². The summed E-state index contributed by atoms with van der Waals surface area (Å²) in [4.78, 5) is 12.8. The number of aryl methyl sites for hydroxylation is 2. The van der Waals surface area contributed by atoms with E-state index in [-0.39, 0.29) is 17.0 Å². The molecule has 2 heterocycles. The quantitative estimate of drug-likeness (QED) is 0.915. The molecule has 0 radical (unpaired) electrons. The Labute approximate surface area is 141 Å². The summed E-state index contributed by atoms with van der Waals surface area (Å²) < 4.78 is 27.3. The average Bonchev–Trinajstić information content (AvgIpc) is 3.11. The van der Waals surface area contributed by atoms with Crippen LogP contribution in [-0.4, -0.2) is 34.7 Å². The van der Waals surface area contributed by atoms with Gasteiger partial charge in [0.05, 0.1) is 22.9 Å². The van der Waals surface area contributed by atoms with Gasteiger partial charge < -0.3 is 4.98 Å². The zero-order valence-electron chi connectivity index (χ0n) is 13.8. The summed E-state index contributed by atoms with van der Waals surface area (Å²) in [7, 11) is -1.94. The number of rotatable bonds is 4. The van der Waals surface area contributed by atoms with Crippen LogP contribution in [0.15, 0.2) is 11.2 Å². The fourth-order valence-corrected chi connectivity index (χ4v) is 5.43. The SMILES string of the molecule is Cc1nc2c(s1)C(N(C)S(=O)(=O)c1cnc(C(C)C)[nH]1)CCC2. The van der Waals surface area contributed by atoms with E-state index in [1.54, 1.807) is 18.4 Å². The van der Waals surface area contributed by atoms with Crippen LogP contribution < -0.4 is 0 Å². The molecule has 3 rings (SSSR count). The zero-order valence-corrected chi connectivity index (χ0v) is 15.5. The van der Waals surface area contributed by atoms with E-state index in [1.807, 2.05) is 20.8 Å². The van der Waals surface area contributed by atoms with Gasteiger partial charge >= 0.3 is 0 Å². The van der Waals surface area contributed by atoms with Gasteiger partial charge in [-0.05, 0) is 26.2 Å². The minimum Gasteiger partial charge on any atom is -0.332 e. The van der Waals surface area contributed by atoms with E-state index in [2.05, 4.69) is 15.0 Å². The predicted octanol–water partition coefficient (Wildman–Crippen LogP) is 3.00. The summed E-state index contributed by atoms with van der Waals surface area (Å²) in [6.45, 7) is 5.93. The highest BCUT2D eigenvalue weighted by Gasteiger charge is 2.35. The number of aromatic amines is 1. The molecule has 8 heteroatoms. The first-order valence-electron chi connectivity index (χ1n) is 7.80. The number of H-pyrrole nitrogens is 1. The van der Waals surface area contributed by atoms with E-state index in [0.717, 1.165) is 34.8 Å². The molecular formula is C15H22N4O2S2. The summed E-state index contributed by atoms with van der Waals surface area (Å²) in [5.41, 5.74) is 1.05. The Morgan fingerprint density at radius 1 is 1.43 bits per heavy atom. The molecule has 0 spiro atoms. The lowest BCUT2D eigenvalue weighted by molar-refractivity contribution is 0.340. The summed E-state index contributed by atoms with van der Waals surface area (Å²) >= 11 is 1.60. The maximum absolute atomic E-state index is 12.9. The van der Waals surface area contributed by atoms with Gasteiger partial charge in [-0.1, -0.05) is 13.8 Å². The van der Waals surface area contributed by atoms with Crippen molar-refractivity contribution in [2.75, 3.05) is 7.05 Å². The summed E-state index contributed by atoms with van der Waals surface area (Å²) in [6.07, 6.45) is 4.14. The molecule has 0 fully saturated rings. The van der Waals surface area contributed by atoms with Gasteiger partial charge in [-0.3, -0.25) is 0 Å². The molecule has 6 nitrogen and oxygen atoms in total. The van der Waals surface area contributed by atoms with Crippen molar-refractivity contribution in [3.63, 3.8) is 0 Å². The lowest BCUT2D eigenvalue weighted by atomic mass is 9.98. The Morgan fingerprint density at radius 3 is 2.83 bits per heavy atom. The first-order valence-corrected chi connectivity index (χ1v) is 10.1. The highest BCUT2D eigenvalue weighted by atomic mass is 32.2. The van der Waals surface area contributed by atoms with Gasteiger partial charge in [-0.25, -0.2) is 18.4 Å². The maximum atomic E-state index is 12.9. The maximum Gasteiger partial charge on any atom is 0.260 e. The van der Waals surface area contributed by atoms with Gasteiger partial charge in [0.1, 0.15) is 5.82 Å². The molecule has 0 saturated carbocycles. The molecule has 1 aliphatic carbocycles. The Morgan fingerprint density at radius 2 is 2.17 bits per heavy atom. The topological polar surface area (TPSA) is 79.0 Å². The third kappa shape index (κ3) is 2.95. The standard InChI is InChI=1S/C15H22N4O2S2/c1-9(2)15-16-8-13(18-15)23(20,21)19(4)12-7-5-6-11-14(12)22-10(3)17-11/h8-9,12H,5-7H2,1-4H3,(H,16,18).